The Bertz CT molecular complexity index is 1110. The van der Waals surface area contributed by atoms with Gasteiger partial charge < -0.3 is 10.6 Å². The van der Waals surface area contributed by atoms with Gasteiger partial charge in [0.05, 0.1) is 11.3 Å². The highest BCUT2D eigenvalue weighted by Crippen LogP contribution is 2.40. The number of halogens is 4. The van der Waals surface area contributed by atoms with Crippen molar-refractivity contribution in [1.29, 1.82) is 0 Å². The molecule has 0 aromatic heterocycles. The number of rotatable bonds is 6. The van der Waals surface area contributed by atoms with E-state index in [0.29, 0.717) is 16.1 Å². The molecule has 2 amide bonds. The van der Waals surface area contributed by atoms with E-state index in [4.69, 9.17) is 11.6 Å². The van der Waals surface area contributed by atoms with E-state index >= 15 is 0 Å². The smallest absolute Gasteiger partial charge is 0.326 e. The largest absolute Gasteiger partial charge is 0.418 e. The molecule has 2 N–H and O–H groups in total. The zero-order chi connectivity index (χ0) is 23.3. The summed E-state index contributed by atoms with van der Waals surface area (Å²) in [5, 5.41) is 4.16. The van der Waals surface area contributed by atoms with Crippen LogP contribution in [0.2, 0.25) is 5.02 Å². The molecule has 3 aromatic carbocycles. The van der Waals surface area contributed by atoms with Crippen molar-refractivity contribution < 1.29 is 22.8 Å². The van der Waals surface area contributed by atoms with Crippen LogP contribution in [0.4, 0.5) is 24.5 Å². The molecule has 0 saturated carbocycles. The maximum absolute atomic E-state index is 13.4. The monoisotopic (exact) mass is 478 g/mol. The molecular weight excluding hydrogens is 461 g/mol. The Labute approximate surface area is 192 Å². The average molecular weight is 479 g/mol. The number of alkyl halides is 3. The molecule has 1 atom stereocenters. The number of amides is 2. The lowest BCUT2D eigenvalue weighted by atomic mass is 10.1. The quantitative estimate of drug-likeness (QED) is 0.383. The first-order chi connectivity index (χ1) is 15.1. The molecule has 0 saturated heterocycles. The molecule has 4 nitrogen and oxygen atoms in total. The van der Waals surface area contributed by atoms with E-state index in [1.807, 2.05) is 0 Å². The number of hydrogen-bond donors (Lipinski definition) is 2. The third kappa shape index (κ3) is 6.27. The number of carbonyl (C=O) groups excluding carboxylic acids is 2. The highest BCUT2D eigenvalue weighted by Gasteiger charge is 2.35. The van der Waals surface area contributed by atoms with E-state index in [0.717, 1.165) is 12.1 Å². The molecule has 0 aliphatic carbocycles. The van der Waals surface area contributed by atoms with E-state index in [1.165, 1.54) is 24.8 Å². The van der Waals surface area contributed by atoms with Gasteiger partial charge in [-0.2, -0.15) is 13.2 Å². The third-order valence-corrected chi connectivity index (χ3v) is 5.82. The molecule has 0 spiro atoms. The Hall–Kier alpha value is -2.97. The van der Waals surface area contributed by atoms with Crippen LogP contribution in [0.25, 0.3) is 0 Å². The zero-order valence-electron chi connectivity index (χ0n) is 16.7. The first-order valence-corrected chi connectivity index (χ1v) is 10.7. The third-order valence-electron chi connectivity index (χ3n) is 4.31. The molecular formula is C23H18ClF3N2O2S. The van der Waals surface area contributed by atoms with Crippen LogP contribution in [-0.4, -0.2) is 11.8 Å². The summed E-state index contributed by atoms with van der Waals surface area (Å²) in [6.45, 7) is 1.39. The van der Waals surface area contributed by atoms with Crippen molar-refractivity contribution in [1.82, 2.24) is 0 Å². The van der Waals surface area contributed by atoms with Crippen LogP contribution in [0.1, 0.15) is 23.3 Å². The average Bonchev–Trinajstić information content (AvgIpc) is 2.74. The Morgan fingerprint density at radius 3 is 2.19 bits per heavy atom. The minimum atomic E-state index is -4.68. The van der Waals surface area contributed by atoms with E-state index in [9.17, 15) is 22.8 Å². The maximum Gasteiger partial charge on any atom is 0.418 e. The molecule has 0 aliphatic rings. The number of hydrogen-bond acceptors (Lipinski definition) is 3. The second-order valence-corrected chi connectivity index (χ2v) is 8.41. The Morgan fingerprint density at radius 1 is 0.938 bits per heavy atom. The van der Waals surface area contributed by atoms with Crippen molar-refractivity contribution in [2.24, 2.45) is 0 Å². The zero-order valence-corrected chi connectivity index (χ0v) is 18.3. The van der Waals surface area contributed by atoms with Gasteiger partial charge in [-0.15, -0.1) is 11.8 Å². The van der Waals surface area contributed by atoms with Crippen LogP contribution < -0.4 is 10.6 Å². The van der Waals surface area contributed by atoms with Gasteiger partial charge in [-0.25, -0.2) is 0 Å². The molecule has 0 aliphatic heterocycles. The maximum atomic E-state index is 13.4. The summed E-state index contributed by atoms with van der Waals surface area (Å²) >= 11 is 6.91. The Kier molecular flexibility index (Phi) is 7.48. The van der Waals surface area contributed by atoms with Gasteiger partial charge in [-0.1, -0.05) is 41.9 Å². The summed E-state index contributed by atoms with van der Waals surface area (Å²) < 4.78 is 40.3. The van der Waals surface area contributed by atoms with Gasteiger partial charge in [-0.05, 0) is 48.0 Å². The lowest BCUT2D eigenvalue weighted by molar-refractivity contribution is -0.137. The van der Waals surface area contributed by atoms with Crippen LogP contribution in [0, 0.1) is 0 Å². The van der Waals surface area contributed by atoms with Gasteiger partial charge in [0.15, 0.2) is 0 Å². The fraction of sp³-hybridized carbons (Fsp3) is 0.130. The van der Waals surface area contributed by atoms with Crippen molar-refractivity contribution in [3.63, 3.8) is 0 Å². The normalized spacial score (nSPS) is 12.2. The first-order valence-electron chi connectivity index (χ1n) is 9.40. The van der Waals surface area contributed by atoms with E-state index < -0.39 is 22.9 Å². The van der Waals surface area contributed by atoms with Gasteiger partial charge in [0, 0.05) is 22.5 Å². The van der Waals surface area contributed by atoms with Crippen molar-refractivity contribution in [2.45, 2.75) is 23.2 Å². The molecule has 1 unspecified atom stereocenters. The Morgan fingerprint density at radius 2 is 1.59 bits per heavy atom. The lowest BCUT2D eigenvalue weighted by Crippen LogP contribution is -2.21. The SMILES string of the molecule is CC(=O)Nc1ccc(SC(C(=O)Nc2ccc(Cl)cc2C(F)(F)F)c2ccccc2)cc1. The number of nitrogens with one attached hydrogen (secondary N) is 2. The van der Waals surface area contributed by atoms with Crippen LogP contribution >= 0.6 is 23.4 Å². The summed E-state index contributed by atoms with van der Waals surface area (Å²) in [5.74, 6) is -0.824. The van der Waals surface area contributed by atoms with Crippen molar-refractivity contribution in [3.8, 4) is 0 Å². The van der Waals surface area contributed by atoms with E-state index in [2.05, 4.69) is 10.6 Å². The summed E-state index contributed by atoms with van der Waals surface area (Å²) in [7, 11) is 0. The minimum absolute atomic E-state index is 0.0800. The van der Waals surface area contributed by atoms with E-state index in [-0.39, 0.29) is 16.6 Å². The lowest BCUT2D eigenvalue weighted by Gasteiger charge is -2.19. The number of anilines is 2. The highest BCUT2D eigenvalue weighted by molar-refractivity contribution is 8.00. The minimum Gasteiger partial charge on any atom is -0.326 e. The second kappa shape index (κ2) is 10.1. The molecule has 9 heteroatoms. The fourth-order valence-electron chi connectivity index (χ4n) is 2.92. The number of carbonyl (C=O) groups is 2. The molecule has 0 fully saturated rings. The molecule has 3 aromatic rings. The summed E-state index contributed by atoms with van der Waals surface area (Å²) in [6.07, 6.45) is -4.68. The van der Waals surface area contributed by atoms with Gasteiger partial charge >= 0.3 is 6.18 Å². The predicted molar refractivity (Wildman–Crippen MR) is 121 cm³/mol. The summed E-state index contributed by atoms with van der Waals surface area (Å²) in [4.78, 5) is 25.0. The summed E-state index contributed by atoms with van der Waals surface area (Å²) in [5.41, 5.74) is -0.161. The topological polar surface area (TPSA) is 58.2 Å². The first kappa shape index (κ1) is 23.7. The van der Waals surface area contributed by atoms with Crippen molar-refractivity contribution >= 4 is 46.6 Å². The van der Waals surface area contributed by atoms with Crippen LogP contribution in [0.3, 0.4) is 0 Å². The molecule has 0 heterocycles. The van der Waals surface area contributed by atoms with Gasteiger partial charge in [0.1, 0.15) is 5.25 Å². The van der Waals surface area contributed by atoms with Gasteiger partial charge in [0.25, 0.3) is 0 Å². The predicted octanol–water partition coefficient (Wildman–Crippen LogP) is 6.79. The van der Waals surface area contributed by atoms with Crippen molar-refractivity contribution in [3.05, 3.63) is 88.9 Å². The molecule has 32 heavy (non-hydrogen) atoms. The standard InChI is InChI=1S/C23H18ClF3N2O2S/c1-14(30)28-17-8-10-18(11-9-17)32-21(15-5-3-2-4-6-15)22(31)29-20-12-7-16(24)13-19(20)23(25,26)27/h2-13,21H,1H3,(H,28,30)(H,29,31). The van der Waals surface area contributed by atoms with Crippen molar-refractivity contribution in [2.75, 3.05) is 10.6 Å². The number of benzene rings is 3. The molecule has 0 radical (unpaired) electrons. The van der Waals surface area contributed by atoms with Gasteiger partial charge in [-0.3, -0.25) is 9.59 Å². The van der Waals surface area contributed by atoms with E-state index in [1.54, 1.807) is 54.6 Å². The van der Waals surface area contributed by atoms with Crippen LogP contribution in [0.15, 0.2) is 77.7 Å². The number of thioether (sulfide) groups is 1. The second-order valence-electron chi connectivity index (χ2n) is 6.79. The molecule has 166 valence electrons. The molecule has 3 rings (SSSR count). The Balaban J connectivity index is 1.89. The molecule has 0 bridgehead atoms. The van der Waals surface area contributed by atoms with Gasteiger partial charge in [0.2, 0.25) is 11.8 Å². The van der Waals surface area contributed by atoms with Crippen LogP contribution in [0.5, 0.6) is 0 Å². The fourth-order valence-corrected chi connectivity index (χ4v) is 4.11. The highest BCUT2D eigenvalue weighted by atomic mass is 35.5. The summed E-state index contributed by atoms with van der Waals surface area (Å²) in [6, 6.07) is 18.8. The van der Waals surface area contributed by atoms with Crippen LogP contribution in [-0.2, 0) is 15.8 Å².